The highest BCUT2D eigenvalue weighted by molar-refractivity contribution is 6.40. The third kappa shape index (κ3) is 4.92. The van der Waals surface area contributed by atoms with Gasteiger partial charge in [-0.25, -0.2) is 0 Å². The predicted octanol–water partition coefficient (Wildman–Crippen LogP) is 4.45. The van der Waals surface area contributed by atoms with E-state index in [1.54, 1.807) is 19.2 Å². The van der Waals surface area contributed by atoms with Crippen molar-refractivity contribution in [2.75, 3.05) is 12.1 Å². The van der Waals surface area contributed by atoms with Crippen LogP contribution in [0, 0.1) is 5.92 Å². The topological polar surface area (TPSA) is 74.2 Å². The van der Waals surface area contributed by atoms with Gasteiger partial charge in [0.2, 0.25) is 0 Å². The number of carbonyl (C=O) groups is 1. The van der Waals surface area contributed by atoms with Crippen molar-refractivity contribution in [3.05, 3.63) is 52.2 Å². The first-order valence-electron chi connectivity index (χ1n) is 10.7. The number of aliphatic hydroxyl groups is 1. The van der Waals surface area contributed by atoms with Crippen LogP contribution in [-0.2, 0) is 9.53 Å². The molecule has 1 heterocycles. The Balaban J connectivity index is 1.57. The fourth-order valence-corrected chi connectivity index (χ4v) is 4.98. The summed E-state index contributed by atoms with van der Waals surface area (Å²) in [4.78, 5) is 13.0. The van der Waals surface area contributed by atoms with Gasteiger partial charge in [0.05, 0.1) is 36.0 Å². The lowest BCUT2D eigenvalue weighted by Crippen LogP contribution is -2.47. The quantitative estimate of drug-likeness (QED) is 0.675. The molecular weight excluding hydrogens is 437 g/mol. The summed E-state index contributed by atoms with van der Waals surface area (Å²) in [6.45, 7) is 0. The fourth-order valence-electron chi connectivity index (χ4n) is 4.49. The number of amides is 1. The molecule has 0 bridgehead atoms. The van der Waals surface area contributed by atoms with E-state index in [2.05, 4.69) is 16.5 Å². The minimum Gasteiger partial charge on any atom is -0.497 e. The highest BCUT2D eigenvalue weighted by atomic mass is 35.5. The lowest BCUT2D eigenvalue weighted by Gasteiger charge is -2.30. The van der Waals surface area contributed by atoms with Gasteiger partial charge in [-0.05, 0) is 49.6 Å². The largest absolute Gasteiger partial charge is 0.497 e. The van der Waals surface area contributed by atoms with Crippen molar-refractivity contribution >= 4 is 40.5 Å². The van der Waals surface area contributed by atoms with Crippen LogP contribution in [0.15, 0.2) is 47.3 Å². The highest BCUT2D eigenvalue weighted by Gasteiger charge is 2.38. The van der Waals surface area contributed by atoms with Gasteiger partial charge in [0.25, 0.3) is 5.91 Å². The van der Waals surface area contributed by atoms with E-state index in [4.69, 9.17) is 27.9 Å². The van der Waals surface area contributed by atoms with E-state index < -0.39 is 6.10 Å². The number of hydrogen-bond acceptors (Lipinski definition) is 5. The lowest BCUT2D eigenvalue weighted by atomic mass is 9.88. The second kappa shape index (κ2) is 9.63. The smallest absolute Gasteiger partial charge is 0.267 e. The fraction of sp³-hybridized carbons (Fsp3) is 0.478. The SMILES string of the molecule is COC1=CCC([C@H]2CC(C(=O)N[C@H]3CCCC[C@@H]3O)=NN2c2ccc(Cl)cc2Cl)C=C1. The maximum atomic E-state index is 13.0. The van der Waals surface area contributed by atoms with Gasteiger partial charge in [-0.3, -0.25) is 9.80 Å². The molecule has 1 unspecified atom stereocenters. The van der Waals surface area contributed by atoms with Gasteiger partial charge >= 0.3 is 0 Å². The number of benzene rings is 1. The molecule has 8 heteroatoms. The van der Waals surface area contributed by atoms with Crippen LogP contribution in [-0.4, -0.2) is 42.0 Å². The van der Waals surface area contributed by atoms with Crippen LogP contribution >= 0.6 is 23.2 Å². The third-order valence-corrected chi connectivity index (χ3v) is 6.78. The molecule has 1 aliphatic heterocycles. The summed E-state index contributed by atoms with van der Waals surface area (Å²) in [6.07, 6.45) is 10.3. The van der Waals surface area contributed by atoms with Gasteiger partial charge < -0.3 is 15.2 Å². The number of ether oxygens (including phenoxy) is 1. The molecule has 2 N–H and O–H groups in total. The molecule has 0 saturated heterocycles. The maximum absolute atomic E-state index is 13.0. The average Bonchev–Trinajstić information content (AvgIpc) is 3.20. The Bertz CT molecular complexity index is 931. The number of nitrogens with one attached hydrogen (secondary N) is 1. The molecule has 1 fully saturated rings. The number of halogens is 2. The van der Waals surface area contributed by atoms with Crippen molar-refractivity contribution < 1.29 is 14.6 Å². The van der Waals surface area contributed by atoms with Gasteiger partial charge in [0.1, 0.15) is 11.5 Å². The zero-order chi connectivity index (χ0) is 22.0. The summed E-state index contributed by atoms with van der Waals surface area (Å²) in [5, 5.41) is 20.8. The van der Waals surface area contributed by atoms with Gasteiger partial charge in [0.15, 0.2) is 0 Å². The van der Waals surface area contributed by atoms with E-state index >= 15 is 0 Å². The number of methoxy groups -OCH3 is 1. The molecule has 0 aromatic heterocycles. The molecule has 4 atom stereocenters. The van der Waals surface area contributed by atoms with Crippen molar-refractivity contribution in [1.82, 2.24) is 5.32 Å². The van der Waals surface area contributed by atoms with E-state index in [1.807, 2.05) is 23.2 Å². The predicted molar refractivity (Wildman–Crippen MR) is 124 cm³/mol. The van der Waals surface area contributed by atoms with Crippen molar-refractivity contribution in [2.24, 2.45) is 11.0 Å². The van der Waals surface area contributed by atoms with E-state index in [0.29, 0.717) is 34.3 Å². The van der Waals surface area contributed by atoms with Crippen molar-refractivity contribution in [1.29, 1.82) is 0 Å². The standard InChI is InChI=1S/C23H27Cl2N3O3/c1-31-16-9-6-14(7-10-16)21-13-19(23(30)26-18-4-2-3-5-22(18)29)27-28(21)20-11-8-15(24)12-17(20)25/h6,8-12,14,18,21-22,29H,2-5,7,13H2,1H3,(H,26,30)/t14?,18-,21+,22-/m0/s1. The van der Waals surface area contributed by atoms with Crippen LogP contribution in [0.3, 0.4) is 0 Å². The third-order valence-electron chi connectivity index (χ3n) is 6.24. The van der Waals surface area contributed by atoms with Gasteiger partial charge in [0, 0.05) is 17.4 Å². The second-order valence-electron chi connectivity index (χ2n) is 8.26. The van der Waals surface area contributed by atoms with Crippen LogP contribution in [0.5, 0.6) is 0 Å². The first-order valence-corrected chi connectivity index (χ1v) is 11.4. The molecular formula is C23H27Cl2N3O3. The molecule has 0 radical (unpaired) electrons. The lowest BCUT2D eigenvalue weighted by molar-refractivity contribution is -0.116. The summed E-state index contributed by atoms with van der Waals surface area (Å²) in [7, 11) is 1.65. The van der Waals surface area contributed by atoms with Crippen LogP contribution in [0.2, 0.25) is 10.0 Å². The Labute approximate surface area is 192 Å². The molecule has 1 aromatic carbocycles. The zero-order valence-corrected chi connectivity index (χ0v) is 18.9. The first-order chi connectivity index (χ1) is 15.0. The van der Waals surface area contributed by atoms with Crippen LogP contribution in [0.4, 0.5) is 5.69 Å². The van der Waals surface area contributed by atoms with Gasteiger partial charge in [-0.1, -0.05) is 42.1 Å². The second-order valence-corrected chi connectivity index (χ2v) is 9.10. The Kier molecular flexibility index (Phi) is 6.89. The number of anilines is 1. The number of nitrogens with zero attached hydrogens (tertiary/aromatic N) is 2. The summed E-state index contributed by atoms with van der Waals surface area (Å²) in [5.41, 5.74) is 1.16. The summed E-state index contributed by atoms with van der Waals surface area (Å²) >= 11 is 12.6. The Hall–Kier alpha value is -2.02. The van der Waals surface area contributed by atoms with Crippen LogP contribution < -0.4 is 10.3 Å². The molecule has 31 heavy (non-hydrogen) atoms. The molecule has 1 saturated carbocycles. The number of hydrogen-bond donors (Lipinski definition) is 2. The number of hydrazone groups is 1. The summed E-state index contributed by atoms with van der Waals surface area (Å²) in [5.74, 6) is 0.743. The molecule has 0 spiro atoms. The Morgan fingerprint density at radius 3 is 2.77 bits per heavy atom. The van der Waals surface area contributed by atoms with Crippen LogP contribution in [0.1, 0.15) is 38.5 Å². The molecule has 4 rings (SSSR count). The molecule has 6 nitrogen and oxygen atoms in total. The normalized spacial score (nSPS) is 28.2. The van der Waals surface area contributed by atoms with Crippen molar-refractivity contribution in [3.8, 4) is 0 Å². The Morgan fingerprint density at radius 1 is 1.29 bits per heavy atom. The zero-order valence-electron chi connectivity index (χ0n) is 17.4. The molecule has 3 aliphatic rings. The molecule has 166 valence electrons. The summed E-state index contributed by atoms with van der Waals surface area (Å²) in [6, 6.07) is 4.99. The van der Waals surface area contributed by atoms with Crippen LogP contribution in [0.25, 0.3) is 0 Å². The minimum atomic E-state index is -0.504. The Morgan fingerprint density at radius 2 is 2.10 bits per heavy atom. The summed E-state index contributed by atoms with van der Waals surface area (Å²) < 4.78 is 5.31. The molecule has 2 aliphatic carbocycles. The van der Waals surface area contributed by atoms with E-state index in [9.17, 15) is 9.90 Å². The number of allylic oxidation sites excluding steroid dienone is 2. The minimum absolute atomic E-state index is 0.0680. The van der Waals surface area contributed by atoms with E-state index in [1.165, 1.54) is 0 Å². The van der Waals surface area contributed by atoms with E-state index in [-0.39, 0.29) is 23.9 Å². The molecule has 1 aromatic rings. The number of aliphatic hydroxyl groups excluding tert-OH is 1. The highest BCUT2D eigenvalue weighted by Crippen LogP contribution is 2.37. The van der Waals surface area contributed by atoms with Crippen molar-refractivity contribution in [3.63, 3.8) is 0 Å². The average molecular weight is 464 g/mol. The van der Waals surface area contributed by atoms with E-state index in [0.717, 1.165) is 31.4 Å². The van der Waals surface area contributed by atoms with Gasteiger partial charge in [-0.15, -0.1) is 0 Å². The monoisotopic (exact) mass is 463 g/mol. The number of carbonyl (C=O) groups excluding carboxylic acids is 1. The first kappa shape index (κ1) is 22.2. The maximum Gasteiger partial charge on any atom is 0.267 e. The van der Waals surface area contributed by atoms with Crippen molar-refractivity contribution in [2.45, 2.75) is 56.7 Å². The van der Waals surface area contributed by atoms with Gasteiger partial charge in [-0.2, -0.15) is 5.10 Å². The number of rotatable bonds is 5. The molecule has 1 amide bonds.